The fraction of sp³-hybridized carbons (Fsp3) is 0.179. The summed E-state index contributed by atoms with van der Waals surface area (Å²) in [4.78, 5) is 42.1. The molecule has 40 heavy (non-hydrogen) atoms. The number of urea groups is 1. The Labute approximate surface area is 227 Å². The number of anilines is 5. The monoisotopic (exact) mass is 547 g/mol. The minimum absolute atomic E-state index is 0.136. The average Bonchev–Trinajstić information content (AvgIpc) is 2.93. The highest BCUT2D eigenvalue weighted by molar-refractivity contribution is 6.07. The second-order valence-electron chi connectivity index (χ2n) is 9.32. The van der Waals surface area contributed by atoms with Gasteiger partial charge in [0, 0.05) is 48.1 Å². The van der Waals surface area contributed by atoms with Crippen molar-refractivity contribution in [2.24, 2.45) is 0 Å². The Kier molecular flexibility index (Phi) is 6.84. The van der Waals surface area contributed by atoms with Gasteiger partial charge in [-0.3, -0.25) is 19.6 Å². The Morgan fingerprint density at radius 3 is 2.58 bits per heavy atom. The van der Waals surface area contributed by atoms with Crippen LogP contribution >= 0.6 is 0 Å². The zero-order valence-electron chi connectivity index (χ0n) is 21.7. The fourth-order valence-electron chi connectivity index (χ4n) is 4.31. The normalized spacial score (nSPS) is 13.2. The predicted molar refractivity (Wildman–Crippen MR) is 145 cm³/mol. The van der Waals surface area contributed by atoms with Gasteiger partial charge >= 0.3 is 12.2 Å². The van der Waals surface area contributed by atoms with Crippen LogP contribution in [0.5, 0.6) is 0 Å². The van der Waals surface area contributed by atoms with E-state index in [0.717, 1.165) is 28.9 Å². The van der Waals surface area contributed by atoms with Crippen LogP contribution < -0.4 is 20.4 Å². The molecule has 9 nitrogen and oxygen atoms in total. The first kappa shape index (κ1) is 26.6. The Morgan fingerprint density at radius 2 is 1.82 bits per heavy atom. The zero-order chi connectivity index (χ0) is 28.6. The molecular weight excluding hydrogens is 523 g/mol. The lowest BCUT2D eigenvalue weighted by Gasteiger charge is -2.35. The molecule has 1 aliphatic heterocycles. The van der Waals surface area contributed by atoms with Gasteiger partial charge in [-0.15, -0.1) is 0 Å². The van der Waals surface area contributed by atoms with Gasteiger partial charge in [0.1, 0.15) is 5.82 Å². The second kappa shape index (κ2) is 10.3. The molecular formula is C28H24F3N7O2. The number of fused-ring (bicyclic) bond motifs is 1. The van der Waals surface area contributed by atoms with E-state index in [0.29, 0.717) is 28.7 Å². The van der Waals surface area contributed by atoms with Crippen molar-refractivity contribution < 1.29 is 22.8 Å². The van der Waals surface area contributed by atoms with Crippen molar-refractivity contribution in [2.45, 2.75) is 26.6 Å². The van der Waals surface area contributed by atoms with Crippen LogP contribution in [-0.4, -0.2) is 33.9 Å². The van der Waals surface area contributed by atoms with E-state index in [9.17, 15) is 22.8 Å². The molecule has 0 spiro atoms. The van der Waals surface area contributed by atoms with Gasteiger partial charge in [-0.05, 0) is 61.4 Å². The lowest BCUT2D eigenvalue weighted by atomic mass is 10.1. The molecule has 204 valence electrons. The zero-order valence-corrected chi connectivity index (χ0v) is 21.7. The van der Waals surface area contributed by atoms with Crippen LogP contribution in [0.1, 0.15) is 32.6 Å². The van der Waals surface area contributed by atoms with Crippen LogP contribution in [0.3, 0.4) is 0 Å². The molecule has 2 N–H and O–H groups in total. The van der Waals surface area contributed by atoms with Crippen LogP contribution in [0.25, 0.3) is 0 Å². The number of hydrogen-bond donors (Lipinski definition) is 2. The standard InChI is InChI=1S/C28H24F3N7O2/c1-16-7-8-21(34-25(39)18-5-4-6-20(11-18)28(29,30)31)12-23(16)38-15-19-14-33-26(36-24(19)37(3)27(38)40)35-22-9-10-32-13-17(22)2/h4-14H,15H2,1-3H3,(H,34,39)(H,32,33,35,36). The highest BCUT2D eigenvalue weighted by Crippen LogP contribution is 2.34. The molecule has 0 bridgehead atoms. The van der Waals surface area contributed by atoms with Crippen molar-refractivity contribution >= 4 is 40.8 Å². The quantitative estimate of drug-likeness (QED) is 0.314. The smallest absolute Gasteiger partial charge is 0.324 e. The van der Waals surface area contributed by atoms with Gasteiger partial charge < -0.3 is 10.6 Å². The van der Waals surface area contributed by atoms with Gasteiger partial charge in [0.15, 0.2) is 0 Å². The minimum atomic E-state index is -4.57. The summed E-state index contributed by atoms with van der Waals surface area (Å²) in [6.45, 7) is 3.90. The number of aromatic nitrogens is 3. The molecule has 3 heterocycles. The number of benzene rings is 2. The third kappa shape index (κ3) is 5.28. The largest absolute Gasteiger partial charge is 0.416 e. The predicted octanol–water partition coefficient (Wildman–Crippen LogP) is 6.08. The topological polar surface area (TPSA) is 103 Å². The molecule has 0 aliphatic carbocycles. The summed E-state index contributed by atoms with van der Waals surface area (Å²) < 4.78 is 39.3. The number of alkyl halides is 3. The number of pyridine rings is 1. The lowest BCUT2D eigenvalue weighted by molar-refractivity contribution is -0.137. The summed E-state index contributed by atoms with van der Waals surface area (Å²) in [5.74, 6) is 0.0833. The van der Waals surface area contributed by atoms with Gasteiger partial charge in [0.2, 0.25) is 5.95 Å². The van der Waals surface area contributed by atoms with Crippen molar-refractivity contribution in [1.82, 2.24) is 15.0 Å². The van der Waals surface area contributed by atoms with Crippen LogP contribution in [0.4, 0.5) is 46.8 Å². The van der Waals surface area contributed by atoms with E-state index in [1.807, 2.05) is 13.8 Å². The van der Waals surface area contributed by atoms with Crippen LogP contribution in [0.2, 0.25) is 0 Å². The van der Waals surface area contributed by atoms with Gasteiger partial charge in [-0.1, -0.05) is 12.1 Å². The fourth-order valence-corrected chi connectivity index (χ4v) is 4.31. The van der Waals surface area contributed by atoms with E-state index in [1.165, 1.54) is 21.9 Å². The van der Waals surface area contributed by atoms with Crippen molar-refractivity contribution in [3.63, 3.8) is 0 Å². The van der Waals surface area contributed by atoms with Crippen LogP contribution in [-0.2, 0) is 12.7 Å². The number of aryl methyl sites for hydroxylation is 2. The molecule has 1 aliphatic rings. The van der Waals surface area contributed by atoms with Crippen molar-refractivity contribution in [3.05, 3.63) is 94.9 Å². The van der Waals surface area contributed by atoms with E-state index in [2.05, 4.69) is 25.6 Å². The number of carbonyl (C=O) groups excluding carboxylic acids is 2. The molecule has 0 fully saturated rings. The number of hydrogen-bond acceptors (Lipinski definition) is 6. The number of nitrogens with one attached hydrogen (secondary N) is 2. The number of nitrogens with zero attached hydrogens (tertiary/aromatic N) is 5. The molecule has 12 heteroatoms. The first-order valence-electron chi connectivity index (χ1n) is 12.2. The van der Waals surface area contributed by atoms with Gasteiger partial charge in [0.05, 0.1) is 17.8 Å². The van der Waals surface area contributed by atoms with E-state index >= 15 is 0 Å². The molecule has 4 aromatic rings. The number of carbonyl (C=O) groups is 2. The molecule has 0 unspecified atom stereocenters. The molecule has 5 rings (SSSR count). The van der Waals surface area contributed by atoms with E-state index < -0.39 is 17.6 Å². The molecule has 0 atom stereocenters. The highest BCUT2D eigenvalue weighted by Gasteiger charge is 2.32. The first-order valence-corrected chi connectivity index (χ1v) is 12.2. The Hall–Kier alpha value is -5.00. The van der Waals surface area contributed by atoms with Crippen LogP contribution in [0.15, 0.2) is 67.1 Å². The molecule has 0 saturated heterocycles. The van der Waals surface area contributed by atoms with Gasteiger partial charge in [-0.2, -0.15) is 18.2 Å². The van der Waals surface area contributed by atoms with Gasteiger partial charge in [0.25, 0.3) is 5.91 Å². The summed E-state index contributed by atoms with van der Waals surface area (Å²) in [6.07, 6.45) is 0.445. The van der Waals surface area contributed by atoms with E-state index in [1.54, 1.807) is 49.9 Å². The van der Waals surface area contributed by atoms with E-state index in [-0.39, 0.29) is 18.1 Å². The molecule has 0 radical (unpaired) electrons. The maximum Gasteiger partial charge on any atom is 0.416 e. The molecule has 2 aromatic carbocycles. The molecule has 2 aromatic heterocycles. The van der Waals surface area contributed by atoms with Crippen molar-refractivity contribution in [2.75, 3.05) is 27.5 Å². The highest BCUT2D eigenvalue weighted by atomic mass is 19.4. The third-order valence-electron chi connectivity index (χ3n) is 6.48. The summed E-state index contributed by atoms with van der Waals surface area (Å²) >= 11 is 0. The Balaban J connectivity index is 1.38. The van der Waals surface area contributed by atoms with Crippen molar-refractivity contribution in [1.29, 1.82) is 0 Å². The third-order valence-corrected chi connectivity index (χ3v) is 6.48. The summed E-state index contributed by atoms with van der Waals surface area (Å²) in [6, 6.07) is 10.6. The SMILES string of the molecule is Cc1cnccc1Nc1ncc2c(n1)N(C)C(=O)N(c1cc(NC(=O)c3cccc(C(F)(F)F)c3)ccc1C)C2. The molecule has 3 amide bonds. The lowest BCUT2D eigenvalue weighted by Crippen LogP contribution is -2.46. The van der Waals surface area contributed by atoms with Gasteiger partial charge in [-0.25, -0.2) is 9.78 Å². The minimum Gasteiger partial charge on any atom is -0.324 e. The second-order valence-corrected chi connectivity index (χ2v) is 9.32. The average molecular weight is 548 g/mol. The van der Waals surface area contributed by atoms with Crippen LogP contribution in [0, 0.1) is 13.8 Å². The number of rotatable bonds is 5. The maximum absolute atomic E-state index is 13.4. The summed E-state index contributed by atoms with van der Waals surface area (Å²) in [5.41, 5.74) is 2.97. The summed E-state index contributed by atoms with van der Waals surface area (Å²) in [5, 5.41) is 5.77. The van der Waals surface area contributed by atoms with E-state index in [4.69, 9.17) is 0 Å². The Bertz CT molecular complexity index is 1620. The summed E-state index contributed by atoms with van der Waals surface area (Å²) in [7, 11) is 1.61. The molecule has 0 saturated carbocycles. The first-order chi connectivity index (χ1) is 19.0. The van der Waals surface area contributed by atoms with Crippen molar-refractivity contribution in [3.8, 4) is 0 Å². The number of halogens is 3. The number of amides is 3. The maximum atomic E-state index is 13.4. The Morgan fingerprint density at radius 1 is 1.02 bits per heavy atom.